The van der Waals surface area contributed by atoms with Crippen molar-refractivity contribution in [2.75, 3.05) is 7.11 Å². The molecule has 4 saturated carbocycles. The Morgan fingerprint density at radius 3 is 2.56 bits per heavy atom. The van der Waals surface area contributed by atoms with Gasteiger partial charge in [0.2, 0.25) is 5.91 Å². The van der Waals surface area contributed by atoms with E-state index in [1.54, 1.807) is 7.11 Å². The average molecular weight is 486 g/mol. The van der Waals surface area contributed by atoms with Crippen molar-refractivity contribution in [1.29, 1.82) is 0 Å². The van der Waals surface area contributed by atoms with Crippen LogP contribution in [-0.2, 0) is 26.2 Å². The van der Waals surface area contributed by atoms with E-state index in [9.17, 15) is 14.7 Å². The Kier molecular flexibility index (Phi) is 5.49. The summed E-state index contributed by atoms with van der Waals surface area (Å²) in [6.45, 7) is 6.72. The van der Waals surface area contributed by atoms with Crippen molar-refractivity contribution in [2.24, 2.45) is 10.8 Å². The third kappa shape index (κ3) is 3.62. The van der Waals surface area contributed by atoms with Crippen molar-refractivity contribution in [3.05, 3.63) is 46.1 Å². The lowest BCUT2D eigenvalue weighted by Crippen LogP contribution is -2.77. The van der Waals surface area contributed by atoms with Crippen molar-refractivity contribution >= 4 is 23.5 Å². The second-order valence-corrected chi connectivity index (χ2v) is 12.9. The van der Waals surface area contributed by atoms with Gasteiger partial charge in [-0.25, -0.2) is 0 Å². The van der Waals surface area contributed by atoms with Gasteiger partial charge in [-0.05, 0) is 79.5 Å². The van der Waals surface area contributed by atoms with E-state index in [4.69, 9.17) is 16.3 Å². The van der Waals surface area contributed by atoms with Crippen LogP contribution in [0.2, 0.25) is 5.02 Å². The quantitative estimate of drug-likeness (QED) is 0.546. The molecule has 6 rings (SSSR count). The average Bonchev–Trinajstić information content (AvgIpc) is 2.70. The fourth-order valence-electron chi connectivity index (χ4n) is 6.87. The number of carboxylic acid groups (broad SMARTS) is 1. The molecule has 4 aliphatic carbocycles. The van der Waals surface area contributed by atoms with E-state index in [0.717, 1.165) is 48.3 Å². The number of nitrogens with zero attached hydrogens (tertiary/aromatic N) is 1. The fraction of sp³-hybridized carbons (Fsp3) is 0.643. The Hall–Kier alpha value is -1.85. The highest BCUT2D eigenvalue weighted by Crippen LogP contribution is 2.71. The molecule has 6 heteroatoms. The maximum atomic E-state index is 13.6. The highest BCUT2D eigenvalue weighted by Gasteiger charge is 2.75. The van der Waals surface area contributed by atoms with Crippen LogP contribution in [0.3, 0.4) is 0 Å². The molecule has 5 aliphatic rings. The molecule has 5 nitrogen and oxygen atoms in total. The van der Waals surface area contributed by atoms with Crippen molar-refractivity contribution in [3.8, 4) is 0 Å². The zero-order valence-corrected chi connectivity index (χ0v) is 21.5. The largest absolute Gasteiger partial charge is 0.481 e. The normalized spacial score (nSPS) is 34.6. The van der Waals surface area contributed by atoms with Crippen molar-refractivity contribution < 1.29 is 19.4 Å². The van der Waals surface area contributed by atoms with E-state index < -0.39 is 11.4 Å². The number of carboxylic acids is 1. The summed E-state index contributed by atoms with van der Waals surface area (Å²) in [5.74, 6) is -0.620. The Labute approximate surface area is 207 Å². The van der Waals surface area contributed by atoms with Crippen molar-refractivity contribution in [1.82, 2.24) is 4.90 Å². The molecule has 0 saturated heterocycles. The standard InChI is InChI=1S/C28H36ClNO4/c1-25(2,3)9-7-18-5-6-19(12-22(18)29)28-10-8-21(34-4)11-20(28)14-30(23(31)13-28)27-15-26(16-27,17-27)24(32)33/h5-6,12,14,21H,7-11,13,15-17H2,1-4H3,(H,32,33)/t21?,26?,27?,28-/m1/s1. The number of aryl methyl sites for hydroxylation is 1. The summed E-state index contributed by atoms with van der Waals surface area (Å²) in [7, 11) is 1.75. The number of aliphatic carboxylic acids is 1. The Balaban J connectivity index is 1.46. The SMILES string of the molecule is COC1CC[C@]2(c3ccc(CCC(C)(C)C)c(Cl)c3)CC(=O)N(C34CC(C(=O)O)(C3)C4)C=C2C1. The van der Waals surface area contributed by atoms with E-state index >= 15 is 0 Å². The van der Waals surface area contributed by atoms with E-state index in [-0.39, 0.29) is 28.4 Å². The van der Waals surface area contributed by atoms with Crippen molar-refractivity contribution in [2.45, 2.75) is 95.6 Å². The number of halogens is 1. The highest BCUT2D eigenvalue weighted by atomic mass is 35.5. The zero-order valence-electron chi connectivity index (χ0n) is 20.7. The van der Waals surface area contributed by atoms with E-state index in [1.165, 1.54) is 5.57 Å². The zero-order chi connectivity index (χ0) is 24.5. The molecule has 184 valence electrons. The van der Waals surface area contributed by atoms with Gasteiger partial charge in [0.15, 0.2) is 0 Å². The predicted octanol–water partition coefficient (Wildman–Crippen LogP) is 5.88. The summed E-state index contributed by atoms with van der Waals surface area (Å²) in [4.78, 5) is 27.0. The third-order valence-electron chi connectivity index (χ3n) is 9.01. The molecule has 0 aromatic heterocycles. The molecule has 4 fully saturated rings. The number of hydrogen-bond donors (Lipinski definition) is 1. The number of rotatable bonds is 6. The molecule has 2 atom stereocenters. The third-order valence-corrected chi connectivity index (χ3v) is 9.36. The monoisotopic (exact) mass is 485 g/mol. The van der Waals surface area contributed by atoms with Crippen molar-refractivity contribution in [3.63, 3.8) is 0 Å². The minimum Gasteiger partial charge on any atom is -0.481 e. The fourth-order valence-corrected chi connectivity index (χ4v) is 7.14. The topological polar surface area (TPSA) is 66.8 Å². The van der Waals surface area contributed by atoms with Gasteiger partial charge in [-0.2, -0.15) is 0 Å². The van der Waals surface area contributed by atoms with Crippen LogP contribution in [0.4, 0.5) is 0 Å². The highest BCUT2D eigenvalue weighted by molar-refractivity contribution is 6.31. The summed E-state index contributed by atoms with van der Waals surface area (Å²) < 4.78 is 5.72. The summed E-state index contributed by atoms with van der Waals surface area (Å²) in [5, 5.41) is 10.3. The molecular formula is C28H36ClNO4. The first kappa shape index (κ1) is 23.9. The van der Waals surface area contributed by atoms with Gasteiger partial charge in [-0.15, -0.1) is 0 Å². The Morgan fingerprint density at radius 2 is 1.97 bits per heavy atom. The lowest BCUT2D eigenvalue weighted by Gasteiger charge is -2.71. The molecule has 1 unspecified atom stereocenters. The number of ether oxygens (including phenoxy) is 1. The molecule has 34 heavy (non-hydrogen) atoms. The van der Waals surface area contributed by atoms with E-state index in [1.807, 2.05) is 4.90 Å². The van der Waals surface area contributed by atoms with Gasteiger partial charge in [0.05, 0.1) is 17.1 Å². The van der Waals surface area contributed by atoms with Gasteiger partial charge < -0.3 is 14.7 Å². The first-order valence-corrected chi connectivity index (χ1v) is 12.9. The van der Waals surface area contributed by atoms with Crippen LogP contribution in [0.25, 0.3) is 0 Å². The van der Waals surface area contributed by atoms with Gasteiger partial charge in [-0.3, -0.25) is 9.59 Å². The van der Waals surface area contributed by atoms with Gasteiger partial charge in [-0.1, -0.05) is 44.5 Å². The summed E-state index contributed by atoms with van der Waals surface area (Å²) in [6, 6.07) is 6.41. The Bertz CT molecular complexity index is 1050. The second-order valence-electron chi connectivity index (χ2n) is 12.5. The van der Waals surface area contributed by atoms with Crippen LogP contribution in [0.15, 0.2) is 30.0 Å². The van der Waals surface area contributed by atoms with E-state index in [2.05, 4.69) is 45.2 Å². The number of carbonyl (C=O) groups excluding carboxylic acids is 1. The first-order chi connectivity index (χ1) is 15.9. The lowest BCUT2D eigenvalue weighted by molar-refractivity contribution is -0.224. The molecule has 1 aromatic carbocycles. The molecule has 1 N–H and O–H groups in total. The minimum absolute atomic E-state index is 0.103. The molecular weight excluding hydrogens is 450 g/mol. The summed E-state index contributed by atoms with van der Waals surface area (Å²) in [6.07, 6.45) is 8.84. The maximum Gasteiger partial charge on any atom is 0.309 e. The Morgan fingerprint density at radius 1 is 1.26 bits per heavy atom. The molecule has 0 spiro atoms. The van der Waals surface area contributed by atoms with Crippen LogP contribution in [0.5, 0.6) is 0 Å². The van der Waals surface area contributed by atoms with Crippen LogP contribution in [-0.4, -0.2) is 40.6 Å². The second kappa shape index (κ2) is 7.83. The van der Waals surface area contributed by atoms with Gasteiger partial charge in [0.25, 0.3) is 0 Å². The maximum absolute atomic E-state index is 13.6. The lowest BCUT2D eigenvalue weighted by atomic mass is 9.38. The number of methoxy groups -OCH3 is 1. The molecule has 1 amide bonds. The number of amides is 1. The van der Waals surface area contributed by atoms with Crippen LogP contribution in [0, 0.1) is 10.8 Å². The first-order valence-electron chi connectivity index (χ1n) is 12.5. The predicted molar refractivity (Wildman–Crippen MR) is 132 cm³/mol. The smallest absolute Gasteiger partial charge is 0.309 e. The number of fused-ring (bicyclic) bond motifs is 1. The van der Waals surface area contributed by atoms with Crippen LogP contribution < -0.4 is 0 Å². The molecule has 1 heterocycles. The number of benzene rings is 1. The molecule has 0 radical (unpaired) electrons. The molecule has 1 aliphatic heterocycles. The minimum atomic E-state index is -0.723. The van der Waals surface area contributed by atoms with Gasteiger partial charge >= 0.3 is 5.97 Å². The summed E-state index contributed by atoms with van der Waals surface area (Å²) >= 11 is 6.79. The summed E-state index contributed by atoms with van der Waals surface area (Å²) in [5.41, 5.74) is 2.47. The van der Waals surface area contributed by atoms with Crippen LogP contribution in [0.1, 0.15) is 83.3 Å². The number of hydrogen-bond acceptors (Lipinski definition) is 3. The molecule has 1 aromatic rings. The van der Waals surface area contributed by atoms with E-state index in [0.29, 0.717) is 25.7 Å². The molecule has 2 bridgehead atoms. The van der Waals surface area contributed by atoms with Gasteiger partial charge in [0, 0.05) is 30.2 Å². The number of carbonyl (C=O) groups is 2. The van der Waals surface area contributed by atoms with Crippen LogP contribution >= 0.6 is 11.6 Å². The van der Waals surface area contributed by atoms with Gasteiger partial charge in [0.1, 0.15) is 0 Å².